The molecule has 62 valence electrons. The molecule has 0 aromatic heterocycles. The SMILES string of the molecule is C=Cc1ccc(OC)c(C=O)c1. The van der Waals surface area contributed by atoms with E-state index >= 15 is 0 Å². The zero-order valence-electron chi connectivity index (χ0n) is 6.91. The van der Waals surface area contributed by atoms with Gasteiger partial charge in [-0.15, -0.1) is 0 Å². The van der Waals surface area contributed by atoms with E-state index in [9.17, 15) is 4.79 Å². The summed E-state index contributed by atoms with van der Waals surface area (Å²) in [5.74, 6) is 0.593. The lowest BCUT2D eigenvalue weighted by molar-refractivity contribution is 0.112. The Labute approximate surface area is 71.5 Å². The molecule has 0 aliphatic carbocycles. The minimum atomic E-state index is 0.551. The third-order valence-electron chi connectivity index (χ3n) is 1.62. The fourth-order valence-corrected chi connectivity index (χ4v) is 0.972. The Kier molecular flexibility index (Phi) is 2.64. The molecule has 0 saturated heterocycles. The van der Waals surface area contributed by atoms with E-state index in [0.29, 0.717) is 11.3 Å². The summed E-state index contributed by atoms with van der Waals surface area (Å²) < 4.78 is 4.97. The van der Waals surface area contributed by atoms with Crippen LogP contribution in [0.25, 0.3) is 6.08 Å². The number of hydrogen-bond acceptors (Lipinski definition) is 2. The topological polar surface area (TPSA) is 26.3 Å². The molecule has 2 nitrogen and oxygen atoms in total. The Morgan fingerprint density at radius 2 is 2.25 bits per heavy atom. The number of ether oxygens (including phenoxy) is 1. The van der Waals surface area contributed by atoms with Crippen LogP contribution in [0.15, 0.2) is 24.8 Å². The molecule has 1 aromatic rings. The maximum atomic E-state index is 10.5. The molecule has 0 aliphatic rings. The quantitative estimate of drug-likeness (QED) is 0.636. The molecule has 0 atom stereocenters. The first-order valence-corrected chi connectivity index (χ1v) is 3.57. The fraction of sp³-hybridized carbons (Fsp3) is 0.100. The number of aldehydes is 1. The van der Waals surface area contributed by atoms with Gasteiger partial charge in [-0.05, 0) is 17.7 Å². The Hall–Kier alpha value is -1.57. The van der Waals surface area contributed by atoms with E-state index in [1.807, 2.05) is 6.07 Å². The molecule has 0 radical (unpaired) electrons. The molecule has 0 amide bonds. The Balaban J connectivity index is 3.18. The fourth-order valence-electron chi connectivity index (χ4n) is 0.972. The van der Waals surface area contributed by atoms with E-state index in [1.54, 1.807) is 18.2 Å². The number of benzene rings is 1. The van der Waals surface area contributed by atoms with Gasteiger partial charge < -0.3 is 4.74 Å². The number of methoxy groups -OCH3 is 1. The maximum absolute atomic E-state index is 10.5. The lowest BCUT2D eigenvalue weighted by atomic mass is 10.1. The van der Waals surface area contributed by atoms with Crippen molar-refractivity contribution in [3.05, 3.63) is 35.9 Å². The van der Waals surface area contributed by atoms with Crippen LogP contribution in [0.2, 0.25) is 0 Å². The number of carbonyl (C=O) groups excluding carboxylic acids is 1. The number of hydrogen-bond donors (Lipinski definition) is 0. The van der Waals surface area contributed by atoms with Crippen molar-refractivity contribution in [3.63, 3.8) is 0 Å². The number of carbonyl (C=O) groups is 1. The average Bonchev–Trinajstić information content (AvgIpc) is 2.16. The largest absolute Gasteiger partial charge is 0.496 e. The monoisotopic (exact) mass is 162 g/mol. The molecule has 0 bridgehead atoms. The van der Waals surface area contributed by atoms with Gasteiger partial charge in [0.1, 0.15) is 5.75 Å². The third-order valence-corrected chi connectivity index (χ3v) is 1.62. The normalized spacial score (nSPS) is 9.08. The van der Waals surface area contributed by atoms with Gasteiger partial charge in [-0.3, -0.25) is 4.79 Å². The molecule has 0 fully saturated rings. The molecule has 0 unspecified atom stereocenters. The van der Waals surface area contributed by atoms with E-state index in [-0.39, 0.29) is 0 Å². The van der Waals surface area contributed by atoms with Gasteiger partial charge in [-0.25, -0.2) is 0 Å². The molecule has 0 spiro atoms. The van der Waals surface area contributed by atoms with E-state index in [2.05, 4.69) is 6.58 Å². The van der Waals surface area contributed by atoms with E-state index in [1.165, 1.54) is 7.11 Å². The van der Waals surface area contributed by atoms with Crippen molar-refractivity contribution in [1.29, 1.82) is 0 Å². The van der Waals surface area contributed by atoms with Crippen molar-refractivity contribution in [2.45, 2.75) is 0 Å². The molecule has 1 rings (SSSR count). The summed E-state index contributed by atoms with van der Waals surface area (Å²) in [7, 11) is 1.54. The second-order valence-electron chi connectivity index (χ2n) is 2.32. The van der Waals surface area contributed by atoms with Crippen molar-refractivity contribution in [2.24, 2.45) is 0 Å². The molecular weight excluding hydrogens is 152 g/mol. The van der Waals surface area contributed by atoms with E-state index in [4.69, 9.17) is 4.74 Å². The first-order chi connectivity index (χ1) is 5.81. The van der Waals surface area contributed by atoms with Crippen LogP contribution in [-0.2, 0) is 0 Å². The second kappa shape index (κ2) is 3.72. The maximum Gasteiger partial charge on any atom is 0.153 e. The van der Waals surface area contributed by atoms with Gasteiger partial charge in [0.2, 0.25) is 0 Å². The van der Waals surface area contributed by atoms with Crippen molar-refractivity contribution in [3.8, 4) is 5.75 Å². The molecule has 0 saturated carbocycles. The van der Waals surface area contributed by atoms with Crippen LogP contribution in [0, 0.1) is 0 Å². The summed E-state index contributed by atoms with van der Waals surface area (Å²) in [6.45, 7) is 3.61. The highest BCUT2D eigenvalue weighted by atomic mass is 16.5. The summed E-state index contributed by atoms with van der Waals surface area (Å²) in [6, 6.07) is 5.33. The van der Waals surface area contributed by atoms with Crippen LogP contribution >= 0.6 is 0 Å². The zero-order valence-corrected chi connectivity index (χ0v) is 6.91. The van der Waals surface area contributed by atoms with Crippen LogP contribution in [0.3, 0.4) is 0 Å². The predicted octanol–water partition coefficient (Wildman–Crippen LogP) is 2.15. The molecule has 2 heteroatoms. The van der Waals surface area contributed by atoms with Crippen molar-refractivity contribution >= 4 is 12.4 Å². The van der Waals surface area contributed by atoms with E-state index < -0.39 is 0 Å². The Morgan fingerprint density at radius 3 is 2.75 bits per heavy atom. The standard InChI is InChI=1S/C10H10O2/c1-3-8-4-5-10(12-2)9(6-8)7-11/h3-7H,1H2,2H3. The summed E-state index contributed by atoms with van der Waals surface area (Å²) in [4.78, 5) is 10.5. The third kappa shape index (κ3) is 1.53. The smallest absolute Gasteiger partial charge is 0.153 e. The van der Waals surface area contributed by atoms with Crippen molar-refractivity contribution < 1.29 is 9.53 Å². The molecule has 12 heavy (non-hydrogen) atoms. The molecule has 0 N–H and O–H groups in total. The zero-order chi connectivity index (χ0) is 8.97. The minimum Gasteiger partial charge on any atom is -0.496 e. The van der Waals surface area contributed by atoms with Crippen LogP contribution < -0.4 is 4.74 Å². The highest BCUT2D eigenvalue weighted by molar-refractivity contribution is 5.80. The van der Waals surface area contributed by atoms with Crippen LogP contribution in [-0.4, -0.2) is 13.4 Å². The summed E-state index contributed by atoms with van der Waals surface area (Å²) in [6.07, 6.45) is 2.46. The van der Waals surface area contributed by atoms with Crippen LogP contribution in [0.4, 0.5) is 0 Å². The second-order valence-corrected chi connectivity index (χ2v) is 2.32. The van der Waals surface area contributed by atoms with Crippen molar-refractivity contribution in [2.75, 3.05) is 7.11 Å². The number of rotatable bonds is 3. The van der Waals surface area contributed by atoms with Gasteiger partial charge in [-0.1, -0.05) is 18.7 Å². The average molecular weight is 162 g/mol. The van der Waals surface area contributed by atoms with Gasteiger partial charge in [0, 0.05) is 0 Å². The first-order valence-electron chi connectivity index (χ1n) is 3.57. The van der Waals surface area contributed by atoms with Gasteiger partial charge in [0.15, 0.2) is 6.29 Å². The highest BCUT2D eigenvalue weighted by Crippen LogP contribution is 2.18. The Morgan fingerprint density at radius 1 is 1.50 bits per heavy atom. The molecule has 0 aliphatic heterocycles. The van der Waals surface area contributed by atoms with Crippen molar-refractivity contribution in [1.82, 2.24) is 0 Å². The Bertz CT molecular complexity index is 303. The summed E-state index contributed by atoms with van der Waals surface area (Å²) in [5.41, 5.74) is 1.47. The minimum absolute atomic E-state index is 0.551. The van der Waals surface area contributed by atoms with Gasteiger partial charge >= 0.3 is 0 Å². The van der Waals surface area contributed by atoms with Gasteiger partial charge in [0.25, 0.3) is 0 Å². The lowest BCUT2D eigenvalue weighted by Crippen LogP contribution is -1.90. The highest BCUT2D eigenvalue weighted by Gasteiger charge is 2.00. The molecular formula is C10H10O2. The van der Waals surface area contributed by atoms with Gasteiger partial charge in [0.05, 0.1) is 12.7 Å². The molecule has 1 aromatic carbocycles. The van der Waals surface area contributed by atoms with E-state index in [0.717, 1.165) is 11.8 Å². The van der Waals surface area contributed by atoms with Crippen LogP contribution in [0.5, 0.6) is 5.75 Å². The van der Waals surface area contributed by atoms with Gasteiger partial charge in [-0.2, -0.15) is 0 Å². The summed E-state index contributed by atoms with van der Waals surface area (Å²) in [5, 5.41) is 0. The summed E-state index contributed by atoms with van der Waals surface area (Å²) >= 11 is 0. The molecule has 0 heterocycles. The van der Waals surface area contributed by atoms with Crippen LogP contribution in [0.1, 0.15) is 15.9 Å². The first kappa shape index (κ1) is 8.53. The predicted molar refractivity (Wildman–Crippen MR) is 48.5 cm³/mol. The lowest BCUT2D eigenvalue weighted by Gasteiger charge is -2.03.